The van der Waals surface area contributed by atoms with Gasteiger partial charge in [0.25, 0.3) is 0 Å². The smallest absolute Gasteiger partial charge is 0.231 e. The number of halogens is 1. The Balaban J connectivity index is 1.44. The minimum atomic E-state index is -0.395. The number of Topliss-reactive ketones (excluding diaryl/α,β-unsaturated/α-hetero) is 1. The number of ketones is 1. The molecule has 0 aromatic heterocycles. The SMILES string of the molecule is Cc1c2c(cc3c1O/C(=C\c1ccccc1F)C3=O)CN(Cc1ccccc1)CO2. The average molecular weight is 401 g/mol. The Morgan fingerprint density at radius 2 is 1.83 bits per heavy atom. The first kappa shape index (κ1) is 18.6. The van der Waals surface area contributed by atoms with Crippen molar-refractivity contribution in [1.82, 2.24) is 4.90 Å². The van der Waals surface area contributed by atoms with Crippen LogP contribution in [0.1, 0.15) is 32.6 Å². The first-order valence-electron chi connectivity index (χ1n) is 9.84. The standard InChI is InChI=1S/C25H20FNO3/c1-16-24-19(14-27(15-29-24)13-17-7-3-2-4-8-17)11-20-23(28)22(30-25(16)20)12-18-9-5-6-10-21(18)26/h2-12H,13-15H2,1H3/b22-12-. The van der Waals surface area contributed by atoms with Crippen LogP contribution in [0.4, 0.5) is 4.39 Å². The number of nitrogens with zero attached hydrogens (tertiary/aromatic N) is 1. The van der Waals surface area contributed by atoms with Crippen molar-refractivity contribution < 1.29 is 18.7 Å². The van der Waals surface area contributed by atoms with Gasteiger partial charge in [0.2, 0.25) is 5.78 Å². The van der Waals surface area contributed by atoms with Crippen LogP contribution < -0.4 is 9.47 Å². The molecule has 0 amide bonds. The molecule has 3 aromatic carbocycles. The van der Waals surface area contributed by atoms with Crippen LogP contribution in [0.25, 0.3) is 6.08 Å². The van der Waals surface area contributed by atoms with Gasteiger partial charge in [-0.2, -0.15) is 0 Å². The number of fused-ring (bicyclic) bond motifs is 2. The fraction of sp³-hybridized carbons (Fsp3) is 0.160. The summed E-state index contributed by atoms with van der Waals surface area (Å²) in [4.78, 5) is 15.1. The highest BCUT2D eigenvalue weighted by atomic mass is 19.1. The lowest BCUT2D eigenvalue weighted by Gasteiger charge is -2.30. The fourth-order valence-corrected chi connectivity index (χ4v) is 3.97. The van der Waals surface area contributed by atoms with Gasteiger partial charge in [0.1, 0.15) is 24.0 Å². The van der Waals surface area contributed by atoms with Gasteiger partial charge in [-0.1, -0.05) is 48.5 Å². The maximum absolute atomic E-state index is 14.0. The van der Waals surface area contributed by atoms with E-state index >= 15 is 0 Å². The molecule has 0 unspecified atom stereocenters. The predicted octanol–water partition coefficient (Wildman–Crippen LogP) is 5.10. The lowest BCUT2D eigenvalue weighted by atomic mass is 10.00. The summed E-state index contributed by atoms with van der Waals surface area (Å²) in [5, 5.41) is 0. The minimum absolute atomic E-state index is 0.127. The quantitative estimate of drug-likeness (QED) is 0.572. The van der Waals surface area contributed by atoms with E-state index in [1.54, 1.807) is 18.2 Å². The fourth-order valence-electron chi connectivity index (χ4n) is 3.97. The largest absolute Gasteiger partial charge is 0.477 e. The normalized spacial score (nSPS) is 16.7. The molecule has 0 spiro atoms. The molecule has 2 aliphatic rings. The molecule has 0 aliphatic carbocycles. The summed E-state index contributed by atoms with van der Waals surface area (Å²) in [5.41, 5.74) is 3.78. The molecule has 4 nitrogen and oxygen atoms in total. The third-order valence-corrected chi connectivity index (χ3v) is 5.44. The van der Waals surface area contributed by atoms with Crippen LogP contribution in [0.15, 0.2) is 66.4 Å². The molecule has 5 rings (SSSR count). The van der Waals surface area contributed by atoms with Crippen molar-refractivity contribution in [2.24, 2.45) is 0 Å². The number of hydrogen-bond acceptors (Lipinski definition) is 4. The van der Waals surface area contributed by atoms with E-state index in [4.69, 9.17) is 9.47 Å². The van der Waals surface area contributed by atoms with Crippen molar-refractivity contribution in [3.63, 3.8) is 0 Å². The van der Waals surface area contributed by atoms with Crippen LogP contribution in [0.3, 0.4) is 0 Å². The molecule has 2 heterocycles. The second-order valence-electron chi connectivity index (χ2n) is 7.57. The zero-order chi connectivity index (χ0) is 20.7. The molecule has 0 fully saturated rings. The Bertz CT molecular complexity index is 1170. The zero-order valence-electron chi connectivity index (χ0n) is 16.5. The Labute approximate surface area is 174 Å². The molecule has 150 valence electrons. The molecule has 3 aromatic rings. The summed E-state index contributed by atoms with van der Waals surface area (Å²) in [5.74, 6) is 0.755. The number of rotatable bonds is 3. The summed E-state index contributed by atoms with van der Waals surface area (Å²) in [6.45, 7) is 3.80. The molecule has 0 N–H and O–H groups in total. The van der Waals surface area contributed by atoms with E-state index in [1.165, 1.54) is 17.7 Å². The monoisotopic (exact) mass is 401 g/mol. The van der Waals surface area contributed by atoms with E-state index < -0.39 is 5.82 Å². The molecule has 0 saturated carbocycles. The van der Waals surface area contributed by atoms with Gasteiger partial charge in [0, 0.05) is 29.8 Å². The topological polar surface area (TPSA) is 38.8 Å². The van der Waals surface area contributed by atoms with Crippen molar-refractivity contribution in [2.45, 2.75) is 20.0 Å². The molecule has 30 heavy (non-hydrogen) atoms. The van der Waals surface area contributed by atoms with Crippen molar-refractivity contribution in [3.8, 4) is 11.5 Å². The lowest BCUT2D eigenvalue weighted by Crippen LogP contribution is -2.32. The lowest BCUT2D eigenvalue weighted by molar-refractivity contribution is 0.0876. The van der Waals surface area contributed by atoms with Gasteiger partial charge < -0.3 is 9.47 Å². The molecule has 0 atom stereocenters. The van der Waals surface area contributed by atoms with Gasteiger partial charge >= 0.3 is 0 Å². The van der Waals surface area contributed by atoms with Gasteiger partial charge in [0.15, 0.2) is 5.76 Å². The van der Waals surface area contributed by atoms with Crippen LogP contribution >= 0.6 is 0 Å². The Kier molecular flexibility index (Phi) is 4.60. The Hall–Kier alpha value is -3.44. The number of benzene rings is 3. The number of allylic oxidation sites excluding steroid dienone is 1. The van der Waals surface area contributed by atoms with Crippen LogP contribution in [-0.2, 0) is 13.1 Å². The van der Waals surface area contributed by atoms with Crippen LogP contribution in [0.2, 0.25) is 0 Å². The molecular weight excluding hydrogens is 381 g/mol. The Morgan fingerprint density at radius 3 is 2.63 bits per heavy atom. The summed E-state index contributed by atoms with van der Waals surface area (Å²) in [6, 6.07) is 18.4. The average Bonchev–Trinajstić information content (AvgIpc) is 3.06. The van der Waals surface area contributed by atoms with E-state index in [0.29, 0.717) is 30.2 Å². The number of carbonyl (C=O) groups excluding carboxylic acids is 1. The summed E-state index contributed by atoms with van der Waals surface area (Å²) in [7, 11) is 0. The highest BCUT2D eigenvalue weighted by Gasteiger charge is 2.33. The number of hydrogen-bond donors (Lipinski definition) is 0. The summed E-state index contributed by atoms with van der Waals surface area (Å²) < 4.78 is 25.9. The molecule has 0 radical (unpaired) electrons. The zero-order valence-corrected chi connectivity index (χ0v) is 16.5. The van der Waals surface area contributed by atoms with Crippen molar-refractivity contribution in [1.29, 1.82) is 0 Å². The molecule has 2 aliphatic heterocycles. The number of carbonyl (C=O) groups is 1. The van der Waals surface area contributed by atoms with E-state index in [1.807, 2.05) is 31.2 Å². The maximum atomic E-state index is 14.0. The van der Waals surface area contributed by atoms with Gasteiger partial charge in [-0.25, -0.2) is 4.39 Å². The molecule has 5 heteroatoms. The first-order chi connectivity index (χ1) is 14.6. The third-order valence-electron chi connectivity index (χ3n) is 5.44. The van der Waals surface area contributed by atoms with E-state index in [9.17, 15) is 9.18 Å². The first-order valence-corrected chi connectivity index (χ1v) is 9.84. The van der Waals surface area contributed by atoms with Gasteiger partial charge in [-0.15, -0.1) is 0 Å². The third kappa shape index (κ3) is 3.27. The van der Waals surface area contributed by atoms with Gasteiger partial charge in [-0.05, 0) is 30.7 Å². The van der Waals surface area contributed by atoms with Crippen LogP contribution in [0, 0.1) is 12.7 Å². The van der Waals surface area contributed by atoms with Gasteiger partial charge in [-0.3, -0.25) is 9.69 Å². The van der Waals surface area contributed by atoms with Crippen molar-refractivity contribution in [3.05, 3.63) is 100 Å². The molecule has 0 bridgehead atoms. The number of ether oxygens (including phenoxy) is 2. The maximum Gasteiger partial charge on any atom is 0.231 e. The highest BCUT2D eigenvalue weighted by molar-refractivity contribution is 6.15. The summed E-state index contributed by atoms with van der Waals surface area (Å²) in [6.07, 6.45) is 1.46. The van der Waals surface area contributed by atoms with Gasteiger partial charge in [0.05, 0.1) is 5.56 Å². The Morgan fingerprint density at radius 1 is 1.07 bits per heavy atom. The predicted molar refractivity (Wildman–Crippen MR) is 112 cm³/mol. The summed E-state index contributed by atoms with van der Waals surface area (Å²) >= 11 is 0. The highest BCUT2D eigenvalue weighted by Crippen LogP contribution is 2.43. The minimum Gasteiger partial charge on any atom is -0.477 e. The van der Waals surface area contributed by atoms with Crippen LogP contribution in [-0.4, -0.2) is 17.4 Å². The van der Waals surface area contributed by atoms with Crippen molar-refractivity contribution >= 4 is 11.9 Å². The van der Waals surface area contributed by atoms with Crippen LogP contribution in [0.5, 0.6) is 11.5 Å². The van der Waals surface area contributed by atoms with E-state index in [-0.39, 0.29) is 11.5 Å². The van der Waals surface area contributed by atoms with E-state index in [2.05, 4.69) is 17.0 Å². The second kappa shape index (κ2) is 7.43. The van der Waals surface area contributed by atoms with Crippen molar-refractivity contribution in [2.75, 3.05) is 6.73 Å². The second-order valence-corrected chi connectivity index (χ2v) is 7.57. The molecular formula is C25H20FNO3. The van der Waals surface area contributed by atoms with E-state index in [0.717, 1.165) is 23.4 Å². The molecule has 0 saturated heterocycles.